The molecule has 6 heteroatoms. The van der Waals surface area contributed by atoms with Crippen LogP contribution >= 0.6 is 11.8 Å². The molecule has 1 aliphatic heterocycles. The van der Waals surface area contributed by atoms with Crippen LogP contribution in [0.25, 0.3) is 0 Å². The summed E-state index contributed by atoms with van der Waals surface area (Å²) in [6.45, 7) is 9.49. The third-order valence-corrected chi connectivity index (χ3v) is 7.55. The van der Waals surface area contributed by atoms with Crippen molar-refractivity contribution in [3.05, 3.63) is 66.0 Å². The molecule has 0 aliphatic carbocycles. The van der Waals surface area contributed by atoms with Gasteiger partial charge in [0.2, 0.25) is 5.91 Å². The number of benzene rings is 1. The summed E-state index contributed by atoms with van der Waals surface area (Å²) in [5.41, 5.74) is 2.17. The van der Waals surface area contributed by atoms with Crippen LogP contribution in [0.2, 0.25) is 0 Å². The van der Waals surface area contributed by atoms with Crippen LogP contribution in [0.1, 0.15) is 51.7 Å². The quantitative estimate of drug-likeness (QED) is 0.573. The number of carbonyl (C=O) groups excluding carboxylic acids is 1. The maximum absolute atomic E-state index is 13.2. The Kier molecular flexibility index (Phi) is 9.36. The van der Waals surface area contributed by atoms with Gasteiger partial charge in [-0.15, -0.1) is 0 Å². The lowest BCUT2D eigenvalue weighted by molar-refractivity contribution is -0.129. The van der Waals surface area contributed by atoms with Gasteiger partial charge >= 0.3 is 0 Å². The highest BCUT2D eigenvalue weighted by atomic mass is 32.2. The number of nitrogens with one attached hydrogen (secondary N) is 1. The molecule has 0 spiro atoms. The summed E-state index contributed by atoms with van der Waals surface area (Å²) in [6, 6.07) is 14.1. The van der Waals surface area contributed by atoms with E-state index < -0.39 is 6.10 Å². The van der Waals surface area contributed by atoms with Crippen molar-refractivity contribution in [3.8, 4) is 0 Å². The van der Waals surface area contributed by atoms with Gasteiger partial charge in [-0.05, 0) is 63.1 Å². The first-order chi connectivity index (χ1) is 15.7. The number of carbonyl (C=O) groups is 1. The topological polar surface area (TPSA) is 65.5 Å². The minimum absolute atomic E-state index is 0.0668. The molecule has 180 valence electrons. The van der Waals surface area contributed by atoms with Crippen molar-refractivity contribution < 1.29 is 9.90 Å². The number of aliphatic hydroxyl groups is 1. The molecule has 1 aromatic heterocycles. The molecule has 1 amide bonds. The van der Waals surface area contributed by atoms with Gasteiger partial charge in [-0.3, -0.25) is 14.7 Å². The van der Waals surface area contributed by atoms with Gasteiger partial charge < -0.3 is 10.4 Å². The summed E-state index contributed by atoms with van der Waals surface area (Å²) in [4.78, 5) is 19.6. The molecular formula is C27H39N3O2S. The first-order valence-electron chi connectivity index (χ1n) is 12.0. The van der Waals surface area contributed by atoms with Crippen molar-refractivity contribution in [2.45, 2.75) is 75.6 Å². The zero-order valence-electron chi connectivity index (χ0n) is 20.4. The van der Waals surface area contributed by atoms with Crippen LogP contribution in [0.4, 0.5) is 0 Å². The SMILES string of the molecule is CC(Cc1ccccc1)C(O)CN1CCC(SCc2cccnc2)CC1C(=O)NC(C)(C)C. The van der Waals surface area contributed by atoms with Crippen molar-refractivity contribution in [3.63, 3.8) is 0 Å². The number of thioether (sulfide) groups is 1. The fraction of sp³-hybridized carbons (Fsp3) is 0.556. The van der Waals surface area contributed by atoms with E-state index in [1.165, 1.54) is 11.1 Å². The molecule has 0 saturated carbocycles. The number of likely N-dealkylation sites (tertiary alicyclic amines) is 1. The summed E-state index contributed by atoms with van der Waals surface area (Å²) in [5, 5.41) is 14.6. The summed E-state index contributed by atoms with van der Waals surface area (Å²) in [6.07, 6.45) is 5.88. The Bertz CT molecular complexity index is 857. The highest BCUT2D eigenvalue weighted by Gasteiger charge is 2.36. The van der Waals surface area contributed by atoms with Crippen molar-refractivity contribution in [1.29, 1.82) is 0 Å². The van der Waals surface area contributed by atoms with Gasteiger partial charge in [0, 0.05) is 42.0 Å². The van der Waals surface area contributed by atoms with Crippen LogP contribution in [0.3, 0.4) is 0 Å². The zero-order chi connectivity index (χ0) is 23.8. The maximum atomic E-state index is 13.2. The van der Waals surface area contributed by atoms with Gasteiger partial charge in [0.1, 0.15) is 0 Å². The van der Waals surface area contributed by atoms with Crippen molar-refractivity contribution in [2.75, 3.05) is 13.1 Å². The molecule has 0 bridgehead atoms. The Morgan fingerprint density at radius 1 is 1.21 bits per heavy atom. The standard InChI is InChI=1S/C27H39N3O2S/c1-20(15-21-9-6-5-7-10-21)25(31)18-30-14-12-23(33-19-22-11-8-13-28-17-22)16-24(30)26(32)29-27(2,3)4/h5-11,13,17,20,23-25,31H,12,14-16,18-19H2,1-4H3,(H,29,32). The van der Waals surface area contributed by atoms with E-state index >= 15 is 0 Å². The number of hydrogen-bond donors (Lipinski definition) is 2. The van der Waals surface area contributed by atoms with Crippen molar-refractivity contribution in [1.82, 2.24) is 15.2 Å². The van der Waals surface area contributed by atoms with Gasteiger partial charge in [0.25, 0.3) is 0 Å². The zero-order valence-corrected chi connectivity index (χ0v) is 21.2. The lowest BCUT2D eigenvalue weighted by atomic mass is 9.93. The van der Waals surface area contributed by atoms with Crippen molar-refractivity contribution in [2.24, 2.45) is 5.92 Å². The van der Waals surface area contributed by atoms with E-state index in [1.807, 2.05) is 63.0 Å². The fourth-order valence-electron chi connectivity index (χ4n) is 4.32. The number of aromatic nitrogens is 1. The summed E-state index contributed by atoms with van der Waals surface area (Å²) < 4.78 is 0. The molecule has 1 saturated heterocycles. The van der Waals surface area contributed by atoms with Gasteiger partial charge in [-0.2, -0.15) is 11.8 Å². The summed E-state index contributed by atoms with van der Waals surface area (Å²) in [7, 11) is 0. The van der Waals surface area contributed by atoms with E-state index in [0.29, 0.717) is 11.8 Å². The maximum Gasteiger partial charge on any atom is 0.237 e. The number of nitrogens with zero attached hydrogens (tertiary/aromatic N) is 2. The van der Waals surface area contributed by atoms with E-state index in [0.717, 1.165) is 31.6 Å². The van der Waals surface area contributed by atoms with Crippen LogP contribution in [0, 0.1) is 5.92 Å². The Morgan fingerprint density at radius 3 is 2.61 bits per heavy atom. The Balaban J connectivity index is 1.62. The van der Waals surface area contributed by atoms with E-state index in [1.54, 1.807) is 6.20 Å². The molecule has 2 aromatic rings. The Hall–Kier alpha value is -1.89. The molecule has 2 N–H and O–H groups in total. The Labute approximate surface area is 203 Å². The summed E-state index contributed by atoms with van der Waals surface area (Å²) >= 11 is 1.91. The highest BCUT2D eigenvalue weighted by molar-refractivity contribution is 7.99. The van der Waals surface area contributed by atoms with Crippen LogP contribution in [0.15, 0.2) is 54.9 Å². The predicted octanol–water partition coefficient (Wildman–Crippen LogP) is 4.30. The van der Waals surface area contributed by atoms with E-state index in [2.05, 4.69) is 40.3 Å². The monoisotopic (exact) mass is 469 g/mol. The number of piperidine rings is 1. The van der Waals surface area contributed by atoms with Gasteiger partial charge in [-0.25, -0.2) is 0 Å². The van der Waals surface area contributed by atoms with Crippen LogP contribution < -0.4 is 5.32 Å². The molecule has 1 aromatic carbocycles. The third-order valence-electron chi connectivity index (χ3n) is 6.15. The molecule has 0 radical (unpaired) electrons. The lowest BCUT2D eigenvalue weighted by Crippen LogP contribution is -2.57. The smallest absolute Gasteiger partial charge is 0.237 e. The third kappa shape index (κ3) is 8.43. The predicted molar refractivity (Wildman–Crippen MR) is 137 cm³/mol. The molecule has 33 heavy (non-hydrogen) atoms. The Morgan fingerprint density at radius 2 is 1.94 bits per heavy atom. The molecule has 1 fully saturated rings. The average molecular weight is 470 g/mol. The second kappa shape index (κ2) is 12.0. The van der Waals surface area contributed by atoms with E-state index in [4.69, 9.17) is 0 Å². The van der Waals surface area contributed by atoms with Crippen molar-refractivity contribution >= 4 is 17.7 Å². The molecule has 5 nitrogen and oxygen atoms in total. The average Bonchev–Trinajstić information content (AvgIpc) is 2.78. The molecule has 4 atom stereocenters. The number of rotatable bonds is 9. The second-order valence-electron chi connectivity index (χ2n) is 10.3. The fourth-order valence-corrected chi connectivity index (χ4v) is 5.51. The molecule has 1 aliphatic rings. The van der Waals surface area contributed by atoms with Gasteiger partial charge in [0.15, 0.2) is 0 Å². The van der Waals surface area contributed by atoms with Gasteiger partial charge in [-0.1, -0.05) is 43.3 Å². The second-order valence-corrected chi connectivity index (χ2v) is 11.6. The first-order valence-corrected chi connectivity index (χ1v) is 13.0. The number of amides is 1. The normalized spacial score (nSPS) is 21.4. The molecular weight excluding hydrogens is 430 g/mol. The number of aliphatic hydroxyl groups excluding tert-OH is 1. The number of hydrogen-bond acceptors (Lipinski definition) is 5. The van der Waals surface area contributed by atoms with E-state index in [9.17, 15) is 9.90 Å². The van der Waals surface area contributed by atoms with Crippen LogP contribution in [-0.4, -0.2) is 56.9 Å². The van der Waals surface area contributed by atoms with Gasteiger partial charge in [0.05, 0.1) is 12.1 Å². The van der Waals surface area contributed by atoms with E-state index in [-0.39, 0.29) is 23.4 Å². The minimum atomic E-state index is -0.477. The first kappa shape index (κ1) is 25.7. The number of pyridine rings is 1. The molecule has 4 unspecified atom stereocenters. The largest absolute Gasteiger partial charge is 0.392 e. The number of β-amino-alcohol motifs (C(OH)–C–C–N with tert-alkyl or cyclic N) is 1. The van der Waals surface area contributed by atoms with Crippen LogP contribution in [0.5, 0.6) is 0 Å². The lowest BCUT2D eigenvalue weighted by Gasteiger charge is -2.41. The van der Waals surface area contributed by atoms with Crippen LogP contribution in [-0.2, 0) is 17.0 Å². The molecule has 2 heterocycles. The summed E-state index contributed by atoms with van der Waals surface area (Å²) in [5.74, 6) is 1.09. The molecule has 3 rings (SSSR count). The minimum Gasteiger partial charge on any atom is -0.392 e. The highest BCUT2D eigenvalue weighted by Crippen LogP contribution is 2.31.